The van der Waals surface area contributed by atoms with Gasteiger partial charge in [0.15, 0.2) is 0 Å². The monoisotopic (exact) mass is 178 g/mol. The van der Waals surface area contributed by atoms with Crippen LogP contribution in [-0.2, 0) is 4.79 Å². The Hall–Kier alpha value is -1.30. The molecule has 0 bridgehead atoms. The molecule has 1 aliphatic carbocycles. The van der Waals surface area contributed by atoms with Crippen LogP contribution < -0.4 is 5.32 Å². The first-order chi connectivity index (χ1) is 6.01. The van der Waals surface area contributed by atoms with Crippen molar-refractivity contribution in [1.29, 1.82) is 5.26 Å². The molecule has 3 heteroatoms. The van der Waals surface area contributed by atoms with Crippen molar-refractivity contribution in [2.75, 3.05) is 0 Å². The lowest BCUT2D eigenvalue weighted by Gasteiger charge is -2.09. The number of hydrogen-bond acceptors (Lipinski definition) is 2. The highest BCUT2D eigenvalue weighted by Crippen LogP contribution is 2.34. The van der Waals surface area contributed by atoms with E-state index in [9.17, 15) is 4.79 Å². The molecular weight excluding hydrogens is 164 g/mol. The highest BCUT2D eigenvalue weighted by molar-refractivity contribution is 5.94. The third kappa shape index (κ3) is 2.09. The molecule has 0 aliphatic heterocycles. The van der Waals surface area contributed by atoms with E-state index in [4.69, 9.17) is 5.26 Å². The standard InChI is InChI=1S/C10H14N2O/c1-7(2)8(3)9(13)12-10(6-11)4-5-10/h4-5H2,1-3H3,(H,12,13). The van der Waals surface area contributed by atoms with E-state index >= 15 is 0 Å². The van der Waals surface area contributed by atoms with Gasteiger partial charge in [-0.15, -0.1) is 0 Å². The van der Waals surface area contributed by atoms with Gasteiger partial charge in [0.25, 0.3) is 0 Å². The highest BCUT2D eigenvalue weighted by Gasteiger charge is 2.44. The maximum atomic E-state index is 11.5. The van der Waals surface area contributed by atoms with Gasteiger partial charge in [0.05, 0.1) is 6.07 Å². The minimum Gasteiger partial charge on any atom is -0.334 e. The fourth-order valence-electron chi connectivity index (χ4n) is 0.928. The predicted octanol–water partition coefficient (Wildman–Crippen LogP) is 1.52. The zero-order valence-corrected chi connectivity index (χ0v) is 8.27. The zero-order chi connectivity index (χ0) is 10.1. The third-order valence-corrected chi connectivity index (χ3v) is 2.41. The van der Waals surface area contributed by atoms with Crippen molar-refractivity contribution in [2.24, 2.45) is 0 Å². The Labute approximate surface area is 78.4 Å². The number of rotatable bonds is 2. The van der Waals surface area contributed by atoms with Crippen molar-refractivity contribution < 1.29 is 4.79 Å². The van der Waals surface area contributed by atoms with Crippen LogP contribution >= 0.6 is 0 Å². The lowest BCUT2D eigenvalue weighted by molar-refractivity contribution is -0.118. The normalized spacial score (nSPS) is 17.1. The first-order valence-corrected chi connectivity index (χ1v) is 4.38. The Morgan fingerprint density at radius 2 is 1.92 bits per heavy atom. The van der Waals surface area contributed by atoms with E-state index < -0.39 is 5.54 Å². The Balaban J connectivity index is 2.63. The van der Waals surface area contributed by atoms with Crippen molar-refractivity contribution in [3.05, 3.63) is 11.1 Å². The minimum absolute atomic E-state index is 0.112. The summed E-state index contributed by atoms with van der Waals surface area (Å²) >= 11 is 0. The lowest BCUT2D eigenvalue weighted by Crippen LogP contribution is -2.36. The fraction of sp³-hybridized carbons (Fsp3) is 0.600. The zero-order valence-electron chi connectivity index (χ0n) is 8.27. The molecule has 0 heterocycles. The SMILES string of the molecule is CC(C)=C(C)C(=O)NC1(C#N)CC1. The number of hydrogen-bond donors (Lipinski definition) is 1. The molecule has 0 aromatic heterocycles. The summed E-state index contributed by atoms with van der Waals surface area (Å²) in [6.07, 6.45) is 1.57. The molecule has 1 amide bonds. The van der Waals surface area contributed by atoms with Gasteiger partial charge in [-0.05, 0) is 33.6 Å². The summed E-state index contributed by atoms with van der Waals surface area (Å²) in [7, 11) is 0. The molecule has 1 rings (SSSR count). The van der Waals surface area contributed by atoms with Gasteiger partial charge in [-0.2, -0.15) is 5.26 Å². The van der Waals surface area contributed by atoms with Crippen LogP contribution in [0.1, 0.15) is 33.6 Å². The molecule has 1 aliphatic rings. The molecule has 13 heavy (non-hydrogen) atoms. The van der Waals surface area contributed by atoms with Crippen LogP contribution in [0.3, 0.4) is 0 Å². The number of carbonyl (C=O) groups is 1. The molecule has 0 aromatic carbocycles. The summed E-state index contributed by atoms with van der Waals surface area (Å²) in [6.45, 7) is 5.56. The molecule has 70 valence electrons. The van der Waals surface area contributed by atoms with Gasteiger partial charge in [0.1, 0.15) is 5.54 Å². The summed E-state index contributed by atoms with van der Waals surface area (Å²) in [4.78, 5) is 11.5. The molecule has 0 atom stereocenters. The molecule has 1 fully saturated rings. The third-order valence-electron chi connectivity index (χ3n) is 2.41. The number of amides is 1. The van der Waals surface area contributed by atoms with Gasteiger partial charge in [-0.1, -0.05) is 5.57 Å². The van der Waals surface area contributed by atoms with Crippen molar-refractivity contribution in [3.63, 3.8) is 0 Å². The Morgan fingerprint density at radius 1 is 1.38 bits per heavy atom. The molecule has 0 unspecified atom stereocenters. The number of allylic oxidation sites excluding steroid dienone is 1. The largest absolute Gasteiger partial charge is 0.334 e. The van der Waals surface area contributed by atoms with E-state index in [2.05, 4.69) is 11.4 Å². The van der Waals surface area contributed by atoms with Crippen molar-refractivity contribution >= 4 is 5.91 Å². The van der Waals surface area contributed by atoms with Crippen LogP contribution in [-0.4, -0.2) is 11.4 Å². The topological polar surface area (TPSA) is 52.9 Å². The highest BCUT2D eigenvalue weighted by atomic mass is 16.1. The molecule has 1 saturated carbocycles. The quantitative estimate of drug-likeness (QED) is 0.652. The molecule has 0 saturated heterocycles. The minimum atomic E-state index is -0.548. The van der Waals surface area contributed by atoms with Gasteiger partial charge in [0, 0.05) is 5.57 Å². The maximum absolute atomic E-state index is 11.5. The second-order valence-corrected chi connectivity index (χ2v) is 3.77. The van der Waals surface area contributed by atoms with E-state index in [-0.39, 0.29) is 5.91 Å². The summed E-state index contributed by atoms with van der Waals surface area (Å²) in [5, 5.41) is 11.5. The molecule has 0 aromatic rings. The van der Waals surface area contributed by atoms with Crippen molar-refractivity contribution in [3.8, 4) is 6.07 Å². The first-order valence-electron chi connectivity index (χ1n) is 4.38. The van der Waals surface area contributed by atoms with Crippen LogP contribution in [0.15, 0.2) is 11.1 Å². The molecular formula is C10H14N2O. The second kappa shape index (κ2) is 3.21. The average Bonchev–Trinajstić information content (AvgIpc) is 2.84. The molecule has 1 N–H and O–H groups in total. The number of nitrogens with one attached hydrogen (secondary N) is 1. The van der Waals surface area contributed by atoms with Crippen LogP contribution in [0, 0.1) is 11.3 Å². The number of nitrogens with zero attached hydrogens (tertiary/aromatic N) is 1. The second-order valence-electron chi connectivity index (χ2n) is 3.77. The Bertz CT molecular complexity index is 301. The van der Waals surface area contributed by atoms with Crippen LogP contribution in [0.25, 0.3) is 0 Å². The van der Waals surface area contributed by atoms with E-state index in [0.717, 1.165) is 18.4 Å². The predicted molar refractivity (Wildman–Crippen MR) is 49.8 cm³/mol. The summed E-state index contributed by atoms with van der Waals surface area (Å²) < 4.78 is 0. The number of carbonyl (C=O) groups excluding carboxylic acids is 1. The molecule has 0 spiro atoms. The van der Waals surface area contributed by atoms with Crippen molar-refractivity contribution in [1.82, 2.24) is 5.32 Å². The smallest absolute Gasteiger partial charge is 0.248 e. The van der Waals surface area contributed by atoms with Gasteiger partial charge in [-0.25, -0.2) is 0 Å². The Morgan fingerprint density at radius 3 is 2.23 bits per heavy atom. The Kier molecular flexibility index (Phi) is 2.42. The maximum Gasteiger partial charge on any atom is 0.248 e. The van der Waals surface area contributed by atoms with Gasteiger partial charge in [-0.3, -0.25) is 4.79 Å². The summed E-state index contributed by atoms with van der Waals surface area (Å²) in [5.41, 5.74) is 1.15. The molecule has 0 radical (unpaired) electrons. The van der Waals surface area contributed by atoms with E-state index in [1.54, 1.807) is 6.92 Å². The summed E-state index contributed by atoms with van der Waals surface area (Å²) in [6, 6.07) is 2.12. The first kappa shape index (κ1) is 9.79. The van der Waals surface area contributed by atoms with E-state index in [1.807, 2.05) is 13.8 Å². The fourth-order valence-corrected chi connectivity index (χ4v) is 0.928. The van der Waals surface area contributed by atoms with Crippen LogP contribution in [0.2, 0.25) is 0 Å². The van der Waals surface area contributed by atoms with E-state index in [1.165, 1.54) is 0 Å². The van der Waals surface area contributed by atoms with Crippen molar-refractivity contribution in [2.45, 2.75) is 39.2 Å². The van der Waals surface area contributed by atoms with Gasteiger partial charge < -0.3 is 5.32 Å². The van der Waals surface area contributed by atoms with Gasteiger partial charge in [0.2, 0.25) is 5.91 Å². The average molecular weight is 178 g/mol. The molecule has 3 nitrogen and oxygen atoms in total. The lowest BCUT2D eigenvalue weighted by atomic mass is 10.1. The van der Waals surface area contributed by atoms with Crippen LogP contribution in [0.4, 0.5) is 0 Å². The van der Waals surface area contributed by atoms with Crippen LogP contribution in [0.5, 0.6) is 0 Å². The number of nitriles is 1. The van der Waals surface area contributed by atoms with Gasteiger partial charge >= 0.3 is 0 Å². The van der Waals surface area contributed by atoms with E-state index in [0.29, 0.717) is 5.57 Å². The summed E-state index contributed by atoms with van der Waals surface area (Å²) in [5.74, 6) is -0.112.